The lowest BCUT2D eigenvalue weighted by molar-refractivity contribution is -0.122. The molecule has 1 aromatic rings. The molecule has 1 unspecified atom stereocenters. The zero-order valence-electron chi connectivity index (χ0n) is 11.8. The second-order valence-electron chi connectivity index (χ2n) is 4.94. The highest BCUT2D eigenvalue weighted by Gasteiger charge is 2.15. The summed E-state index contributed by atoms with van der Waals surface area (Å²) in [6, 6.07) is 3.77. The van der Waals surface area contributed by atoms with Gasteiger partial charge in [0.25, 0.3) is 0 Å². The Kier molecular flexibility index (Phi) is 6.67. The number of amides is 1. The summed E-state index contributed by atoms with van der Waals surface area (Å²) in [4.78, 5) is 11.9. The summed E-state index contributed by atoms with van der Waals surface area (Å²) in [6.45, 7) is 2.68. The number of aromatic hydroxyl groups is 2. The summed E-state index contributed by atoms with van der Waals surface area (Å²) in [7, 11) is 0. The van der Waals surface area contributed by atoms with E-state index in [1.54, 1.807) is 17.8 Å². The topological polar surface area (TPSA) is 95.6 Å². The van der Waals surface area contributed by atoms with E-state index >= 15 is 0 Å². The van der Waals surface area contributed by atoms with Gasteiger partial charge in [0, 0.05) is 6.54 Å². The number of rotatable bonds is 7. The fourth-order valence-electron chi connectivity index (χ4n) is 1.79. The number of carbonyl (C=O) groups is 1. The minimum Gasteiger partial charge on any atom is -0.504 e. The van der Waals surface area contributed by atoms with E-state index in [9.17, 15) is 15.0 Å². The normalized spacial score (nSPS) is 13.8. The summed E-state index contributed by atoms with van der Waals surface area (Å²) < 4.78 is 0. The van der Waals surface area contributed by atoms with Crippen molar-refractivity contribution in [1.82, 2.24) is 5.32 Å². The third kappa shape index (κ3) is 5.30. The van der Waals surface area contributed by atoms with Crippen LogP contribution in [0.5, 0.6) is 11.5 Å². The molecule has 0 aliphatic carbocycles. The molecule has 2 atom stereocenters. The number of phenolic OH excluding ortho intramolecular Hbond substituents is 2. The van der Waals surface area contributed by atoms with Crippen molar-refractivity contribution in [2.24, 2.45) is 11.7 Å². The molecular formula is C14H22N2O3S. The lowest BCUT2D eigenvalue weighted by Crippen LogP contribution is -2.43. The summed E-state index contributed by atoms with van der Waals surface area (Å²) >= 11 is 1.74. The van der Waals surface area contributed by atoms with Crippen LogP contribution in [0.4, 0.5) is 0 Å². The first-order chi connectivity index (χ1) is 9.43. The van der Waals surface area contributed by atoms with Crippen LogP contribution in [0.15, 0.2) is 18.2 Å². The molecule has 112 valence electrons. The van der Waals surface area contributed by atoms with Gasteiger partial charge in [-0.2, -0.15) is 11.8 Å². The van der Waals surface area contributed by atoms with Gasteiger partial charge in [-0.25, -0.2) is 0 Å². The summed E-state index contributed by atoms with van der Waals surface area (Å²) in [5.41, 5.74) is 6.54. The van der Waals surface area contributed by atoms with Crippen LogP contribution in [0, 0.1) is 5.92 Å². The Balaban J connectivity index is 2.46. The average Bonchev–Trinajstić information content (AvgIpc) is 2.40. The van der Waals surface area contributed by atoms with Gasteiger partial charge in [-0.15, -0.1) is 0 Å². The predicted molar refractivity (Wildman–Crippen MR) is 82.0 cm³/mol. The Morgan fingerprint density at radius 2 is 2.10 bits per heavy atom. The molecule has 0 spiro atoms. The quantitative estimate of drug-likeness (QED) is 0.565. The van der Waals surface area contributed by atoms with Gasteiger partial charge in [0.05, 0.1) is 6.04 Å². The van der Waals surface area contributed by atoms with Crippen LogP contribution in [-0.4, -0.2) is 40.7 Å². The van der Waals surface area contributed by atoms with Crippen LogP contribution in [-0.2, 0) is 11.2 Å². The van der Waals surface area contributed by atoms with Crippen LogP contribution in [0.3, 0.4) is 0 Å². The number of hydrogen-bond donors (Lipinski definition) is 4. The smallest absolute Gasteiger partial charge is 0.237 e. The lowest BCUT2D eigenvalue weighted by atomic mass is 10.1. The molecule has 0 saturated heterocycles. The van der Waals surface area contributed by atoms with Crippen molar-refractivity contribution in [3.63, 3.8) is 0 Å². The maximum Gasteiger partial charge on any atom is 0.237 e. The van der Waals surface area contributed by atoms with E-state index in [2.05, 4.69) is 12.2 Å². The summed E-state index contributed by atoms with van der Waals surface area (Å²) in [5, 5.41) is 21.4. The Hall–Kier alpha value is -1.40. The Morgan fingerprint density at radius 3 is 2.70 bits per heavy atom. The molecule has 1 amide bonds. The van der Waals surface area contributed by atoms with Gasteiger partial charge in [0.15, 0.2) is 11.5 Å². The van der Waals surface area contributed by atoms with Crippen molar-refractivity contribution in [3.8, 4) is 11.5 Å². The van der Waals surface area contributed by atoms with Gasteiger partial charge in [-0.05, 0) is 42.0 Å². The number of hydrogen-bond acceptors (Lipinski definition) is 5. The van der Waals surface area contributed by atoms with Crippen LogP contribution in [0.2, 0.25) is 0 Å². The number of carbonyl (C=O) groups excluding carboxylic acids is 1. The maximum atomic E-state index is 11.9. The highest BCUT2D eigenvalue weighted by molar-refractivity contribution is 7.98. The minimum atomic E-state index is -0.666. The van der Waals surface area contributed by atoms with Gasteiger partial charge in [-0.3, -0.25) is 4.79 Å². The first-order valence-electron chi connectivity index (χ1n) is 6.47. The fourth-order valence-corrected chi connectivity index (χ4v) is 2.48. The lowest BCUT2D eigenvalue weighted by Gasteiger charge is -2.15. The second kappa shape index (κ2) is 8.01. The van der Waals surface area contributed by atoms with Crippen molar-refractivity contribution in [2.75, 3.05) is 18.6 Å². The zero-order valence-corrected chi connectivity index (χ0v) is 12.6. The predicted octanol–water partition coefficient (Wildman–Crippen LogP) is 1.08. The molecule has 0 aliphatic heterocycles. The number of phenols is 2. The second-order valence-corrected chi connectivity index (χ2v) is 5.85. The molecule has 1 aromatic carbocycles. The Bertz CT molecular complexity index is 454. The van der Waals surface area contributed by atoms with Crippen LogP contribution >= 0.6 is 11.8 Å². The molecule has 1 rings (SSSR count). The van der Waals surface area contributed by atoms with Gasteiger partial charge < -0.3 is 21.3 Å². The number of nitrogens with one attached hydrogen (secondary N) is 1. The third-order valence-electron chi connectivity index (χ3n) is 2.91. The molecule has 0 aromatic heterocycles. The summed E-state index contributed by atoms with van der Waals surface area (Å²) in [6.07, 6.45) is 2.35. The van der Waals surface area contributed by atoms with Crippen molar-refractivity contribution in [3.05, 3.63) is 23.8 Å². The molecule has 0 fully saturated rings. The first-order valence-corrected chi connectivity index (χ1v) is 7.86. The van der Waals surface area contributed by atoms with E-state index in [4.69, 9.17) is 5.73 Å². The highest BCUT2D eigenvalue weighted by Crippen LogP contribution is 2.25. The fraction of sp³-hybridized carbons (Fsp3) is 0.500. The van der Waals surface area contributed by atoms with Gasteiger partial charge in [0.1, 0.15) is 0 Å². The van der Waals surface area contributed by atoms with Gasteiger partial charge in [-0.1, -0.05) is 13.0 Å². The zero-order chi connectivity index (χ0) is 15.1. The Labute approximate surface area is 123 Å². The molecule has 0 radical (unpaired) electrons. The van der Waals surface area contributed by atoms with E-state index in [1.807, 2.05) is 6.26 Å². The third-order valence-corrected chi connectivity index (χ3v) is 3.81. The Morgan fingerprint density at radius 1 is 1.40 bits per heavy atom. The highest BCUT2D eigenvalue weighted by atomic mass is 32.2. The van der Waals surface area contributed by atoms with Crippen LogP contribution < -0.4 is 11.1 Å². The van der Waals surface area contributed by atoms with Crippen LogP contribution in [0.1, 0.15) is 12.5 Å². The monoisotopic (exact) mass is 298 g/mol. The number of thioether (sulfide) groups is 1. The van der Waals surface area contributed by atoms with Gasteiger partial charge >= 0.3 is 0 Å². The largest absolute Gasteiger partial charge is 0.504 e. The van der Waals surface area contributed by atoms with Crippen molar-refractivity contribution in [2.45, 2.75) is 19.4 Å². The first kappa shape index (κ1) is 16.7. The van der Waals surface area contributed by atoms with E-state index in [-0.39, 0.29) is 17.4 Å². The molecule has 20 heavy (non-hydrogen) atoms. The molecular weight excluding hydrogens is 276 g/mol. The molecule has 0 saturated carbocycles. The van der Waals surface area contributed by atoms with Gasteiger partial charge in [0.2, 0.25) is 5.91 Å². The SMILES string of the molecule is CSCC(C)CNC(=O)[C@@H](N)Cc1ccc(O)c(O)c1. The van der Waals surface area contributed by atoms with Crippen LogP contribution in [0.25, 0.3) is 0 Å². The summed E-state index contributed by atoms with van der Waals surface area (Å²) in [5.74, 6) is 0.798. The van der Waals surface area contributed by atoms with E-state index in [0.717, 1.165) is 5.75 Å². The number of nitrogens with two attached hydrogens (primary N) is 1. The molecule has 6 heteroatoms. The average molecular weight is 298 g/mol. The van der Waals surface area contributed by atoms with Crippen molar-refractivity contribution in [1.29, 1.82) is 0 Å². The molecule has 5 N–H and O–H groups in total. The van der Waals surface area contributed by atoms with E-state index in [1.165, 1.54) is 12.1 Å². The molecule has 0 bridgehead atoms. The minimum absolute atomic E-state index is 0.183. The maximum absolute atomic E-state index is 11.9. The number of benzene rings is 1. The molecule has 0 heterocycles. The van der Waals surface area contributed by atoms with E-state index in [0.29, 0.717) is 24.4 Å². The standard InChI is InChI=1S/C14H22N2O3S/c1-9(8-20-2)7-16-14(19)11(15)5-10-3-4-12(17)13(18)6-10/h3-4,6,9,11,17-18H,5,7-8,15H2,1-2H3,(H,16,19)/t9?,11-/m0/s1. The van der Waals surface area contributed by atoms with E-state index < -0.39 is 6.04 Å². The molecule has 0 aliphatic rings. The van der Waals surface area contributed by atoms with Crippen molar-refractivity contribution >= 4 is 17.7 Å². The van der Waals surface area contributed by atoms with Crippen molar-refractivity contribution < 1.29 is 15.0 Å². The molecule has 5 nitrogen and oxygen atoms in total.